The van der Waals surface area contributed by atoms with Crippen LogP contribution in [0, 0.1) is 13.8 Å². The highest BCUT2D eigenvalue weighted by Gasteiger charge is 2.20. The molecule has 170 valence electrons. The Hall–Kier alpha value is -2.97. The summed E-state index contributed by atoms with van der Waals surface area (Å²) in [5.41, 5.74) is 4.56. The van der Waals surface area contributed by atoms with Gasteiger partial charge in [-0.15, -0.1) is 0 Å². The number of likely N-dealkylation sites (N-methyl/N-ethyl adjacent to an activating group) is 1. The number of amides is 1. The van der Waals surface area contributed by atoms with Crippen LogP contribution in [0.4, 0.5) is 11.4 Å². The van der Waals surface area contributed by atoms with E-state index in [0.717, 1.165) is 49.5 Å². The van der Waals surface area contributed by atoms with Crippen LogP contribution in [0.15, 0.2) is 36.4 Å². The van der Waals surface area contributed by atoms with Crippen LogP contribution >= 0.6 is 12.2 Å². The van der Waals surface area contributed by atoms with Gasteiger partial charge in [0.25, 0.3) is 5.91 Å². The van der Waals surface area contributed by atoms with Gasteiger partial charge >= 0.3 is 5.97 Å². The van der Waals surface area contributed by atoms with Crippen molar-refractivity contribution in [2.75, 3.05) is 50.1 Å². The van der Waals surface area contributed by atoms with Gasteiger partial charge in [0.05, 0.1) is 24.0 Å². The second kappa shape index (κ2) is 10.6. The Kier molecular flexibility index (Phi) is 7.82. The SMILES string of the molecule is CCN1CCN(c2ccc(C(=O)OC)cc2NC(=S)NC(=O)c2cc(C)cc(C)c2)CC1. The second-order valence-electron chi connectivity index (χ2n) is 7.93. The number of ether oxygens (including phenoxy) is 1. The van der Waals surface area contributed by atoms with Crippen molar-refractivity contribution >= 4 is 40.6 Å². The monoisotopic (exact) mass is 454 g/mol. The lowest BCUT2D eigenvalue weighted by Gasteiger charge is -2.36. The van der Waals surface area contributed by atoms with E-state index in [1.807, 2.05) is 38.1 Å². The molecule has 0 bridgehead atoms. The lowest BCUT2D eigenvalue weighted by atomic mass is 10.1. The summed E-state index contributed by atoms with van der Waals surface area (Å²) in [6, 6.07) is 11.0. The largest absolute Gasteiger partial charge is 0.465 e. The number of hydrogen-bond acceptors (Lipinski definition) is 6. The molecule has 3 rings (SSSR count). The van der Waals surface area contributed by atoms with Crippen molar-refractivity contribution in [2.45, 2.75) is 20.8 Å². The van der Waals surface area contributed by atoms with Crippen molar-refractivity contribution in [3.8, 4) is 0 Å². The summed E-state index contributed by atoms with van der Waals surface area (Å²) in [6.07, 6.45) is 0. The predicted octanol–water partition coefficient (Wildman–Crippen LogP) is 3.36. The maximum absolute atomic E-state index is 12.7. The number of hydrogen-bond donors (Lipinski definition) is 2. The van der Waals surface area contributed by atoms with Crippen LogP contribution in [0.2, 0.25) is 0 Å². The molecule has 2 N–H and O–H groups in total. The molecule has 1 heterocycles. The first kappa shape index (κ1) is 23.7. The van der Waals surface area contributed by atoms with E-state index in [-0.39, 0.29) is 11.0 Å². The van der Waals surface area contributed by atoms with E-state index in [1.165, 1.54) is 7.11 Å². The number of thiocarbonyl (C=S) groups is 1. The Bertz CT molecular complexity index is 996. The molecule has 0 spiro atoms. The van der Waals surface area contributed by atoms with Crippen LogP contribution in [0.5, 0.6) is 0 Å². The highest BCUT2D eigenvalue weighted by molar-refractivity contribution is 7.80. The smallest absolute Gasteiger partial charge is 0.337 e. The van der Waals surface area contributed by atoms with Gasteiger partial charge in [-0.1, -0.05) is 24.1 Å². The number of benzene rings is 2. The molecule has 7 nitrogen and oxygen atoms in total. The molecule has 0 unspecified atom stereocenters. The summed E-state index contributed by atoms with van der Waals surface area (Å²) in [7, 11) is 1.35. The minimum absolute atomic E-state index is 0.171. The van der Waals surface area contributed by atoms with Gasteiger partial charge < -0.3 is 19.9 Å². The van der Waals surface area contributed by atoms with Crippen LogP contribution < -0.4 is 15.5 Å². The van der Waals surface area contributed by atoms with Crippen molar-refractivity contribution in [2.24, 2.45) is 0 Å². The van der Waals surface area contributed by atoms with Crippen molar-refractivity contribution in [1.82, 2.24) is 10.2 Å². The Balaban J connectivity index is 1.80. The lowest BCUT2D eigenvalue weighted by Crippen LogP contribution is -2.46. The van der Waals surface area contributed by atoms with Crippen LogP contribution in [0.1, 0.15) is 38.8 Å². The molecule has 1 amide bonds. The van der Waals surface area contributed by atoms with Crippen molar-refractivity contribution in [1.29, 1.82) is 0 Å². The number of methoxy groups -OCH3 is 1. The molecule has 1 aliphatic rings. The number of esters is 1. The van der Waals surface area contributed by atoms with Crippen LogP contribution in [-0.4, -0.2) is 61.7 Å². The highest BCUT2D eigenvalue weighted by atomic mass is 32.1. The molecule has 0 saturated carbocycles. The maximum Gasteiger partial charge on any atom is 0.337 e. The molecule has 1 aliphatic heterocycles. The van der Waals surface area contributed by atoms with Gasteiger partial charge in [0.2, 0.25) is 0 Å². The lowest BCUT2D eigenvalue weighted by molar-refractivity contribution is 0.0600. The van der Waals surface area contributed by atoms with Gasteiger partial charge in [-0.2, -0.15) is 0 Å². The summed E-state index contributed by atoms with van der Waals surface area (Å²) >= 11 is 5.43. The van der Waals surface area contributed by atoms with Gasteiger partial charge in [-0.3, -0.25) is 10.1 Å². The Morgan fingerprint density at radius 3 is 2.25 bits per heavy atom. The fourth-order valence-corrected chi connectivity index (χ4v) is 4.10. The van der Waals surface area contributed by atoms with Gasteiger partial charge in [-0.25, -0.2) is 4.79 Å². The molecule has 2 aromatic carbocycles. The average molecular weight is 455 g/mol. The molecule has 0 aliphatic carbocycles. The standard InChI is InChI=1S/C24H30N4O3S/c1-5-27-8-10-28(11-9-27)21-7-6-18(23(30)31-4)15-20(21)25-24(32)26-22(29)19-13-16(2)12-17(3)14-19/h6-7,12-15H,5,8-11H2,1-4H3,(H2,25,26,29,32). The van der Waals surface area contributed by atoms with Gasteiger partial charge in [0, 0.05) is 31.7 Å². The number of piperazine rings is 1. The predicted molar refractivity (Wildman–Crippen MR) is 132 cm³/mol. The van der Waals surface area contributed by atoms with Gasteiger partial charge in [-0.05, 0) is 62.9 Å². The van der Waals surface area contributed by atoms with Crippen molar-refractivity contribution in [3.63, 3.8) is 0 Å². The molecule has 1 saturated heterocycles. The summed E-state index contributed by atoms with van der Waals surface area (Å²) in [4.78, 5) is 29.4. The molecular formula is C24H30N4O3S. The van der Waals surface area contributed by atoms with Crippen molar-refractivity contribution in [3.05, 3.63) is 58.7 Å². The third-order valence-corrected chi connectivity index (χ3v) is 5.74. The zero-order valence-electron chi connectivity index (χ0n) is 19.0. The topological polar surface area (TPSA) is 73.9 Å². The quantitative estimate of drug-likeness (QED) is 0.530. The number of carbonyl (C=O) groups excluding carboxylic acids is 2. The number of rotatable bonds is 5. The number of nitrogens with one attached hydrogen (secondary N) is 2. The van der Waals surface area contributed by atoms with Gasteiger partial charge in [0.1, 0.15) is 0 Å². The van der Waals surface area contributed by atoms with Crippen LogP contribution in [0.3, 0.4) is 0 Å². The van der Waals surface area contributed by atoms with Crippen LogP contribution in [0.25, 0.3) is 0 Å². The first-order valence-electron chi connectivity index (χ1n) is 10.7. The fourth-order valence-electron chi connectivity index (χ4n) is 3.90. The number of carbonyl (C=O) groups is 2. The molecule has 8 heteroatoms. The zero-order valence-corrected chi connectivity index (χ0v) is 19.8. The van der Waals surface area contributed by atoms with E-state index < -0.39 is 5.97 Å². The van der Waals surface area contributed by atoms with E-state index in [9.17, 15) is 9.59 Å². The van der Waals surface area contributed by atoms with Gasteiger partial charge in [0.15, 0.2) is 5.11 Å². The Labute approximate surface area is 194 Å². The summed E-state index contributed by atoms with van der Waals surface area (Å²) < 4.78 is 4.87. The maximum atomic E-state index is 12.7. The van der Waals surface area contributed by atoms with E-state index in [1.54, 1.807) is 12.1 Å². The third-order valence-electron chi connectivity index (χ3n) is 5.54. The normalized spacial score (nSPS) is 14.1. The second-order valence-corrected chi connectivity index (χ2v) is 8.34. The summed E-state index contributed by atoms with van der Waals surface area (Å²) in [5, 5.41) is 6.04. The molecule has 32 heavy (non-hydrogen) atoms. The molecule has 1 fully saturated rings. The minimum Gasteiger partial charge on any atom is -0.465 e. The molecule has 2 aromatic rings. The molecule has 0 radical (unpaired) electrons. The Morgan fingerprint density at radius 1 is 1.00 bits per heavy atom. The van der Waals surface area contributed by atoms with E-state index in [2.05, 4.69) is 27.4 Å². The molecule has 0 aromatic heterocycles. The zero-order chi connectivity index (χ0) is 23.3. The first-order valence-corrected chi connectivity index (χ1v) is 11.1. The minimum atomic E-state index is -0.430. The number of anilines is 2. The first-order chi connectivity index (χ1) is 15.3. The molecule has 0 atom stereocenters. The fraction of sp³-hybridized carbons (Fsp3) is 0.375. The van der Waals surface area contributed by atoms with Crippen molar-refractivity contribution < 1.29 is 14.3 Å². The molecular weight excluding hydrogens is 424 g/mol. The third kappa shape index (κ3) is 5.83. The number of aryl methyl sites for hydroxylation is 2. The Morgan fingerprint density at radius 2 is 1.66 bits per heavy atom. The number of nitrogens with zero attached hydrogens (tertiary/aromatic N) is 2. The average Bonchev–Trinajstić information content (AvgIpc) is 2.77. The highest BCUT2D eigenvalue weighted by Crippen LogP contribution is 2.29. The van der Waals surface area contributed by atoms with Crippen LogP contribution in [-0.2, 0) is 4.74 Å². The van der Waals surface area contributed by atoms with E-state index >= 15 is 0 Å². The van der Waals surface area contributed by atoms with E-state index in [4.69, 9.17) is 17.0 Å². The summed E-state index contributed by atoms with van der Waals surface area (Å²) in [5.74, 6) is -0.711. The van der Waals surface area contributed by atoms with E-state index in [0.29, 0.717) is 16.8 Å². The summed E-state index contributed by atoms with van der Waals surface area (Å²) in [6.45, 7) is 10.7.